The maximum Gasteiger partial charge on any atom is 0.0700 e. The van der Waals surface area contributed by atoms with Gasteiger partial charge in [0.2, 0.25) is 0 Å². The zero-order valence-corrected chi connectivity index (χ0v) is 8.00. The number of nitrogens with zero attached hydrogens (tertiary/aromatic N) is 1. The van der Waals surface area contributed by atoms with E-state index in [1.54, 1.807) is 0 Å². The van der Waals surface area contributed by atoms with Gasteiger partial charge in [-0.25, -0.2) is 0 Å². The second-order valence-electron chi connectivity index (χ2n) is 3.65. The summed E-state index contributed by atoms with van der Waals surface area (Å²) in [5.41, 5.74) is 0. The van der Waals surface area contributed by atoms with Crippen LogP contribution in [-0.2, 0) is 4.74 Å². The average Bonchev–Trinajstić information content (AvgIpc) is 1.94. The Morgan fingerprint density at radius 3 is 2.45 bits per heavy atom. The number of ether oxygens (including phenoxy) is 1. The Morgan fingerprint density at radius 1 is 1.36 bits per heavy atom. The number of morpholine rings is 1. The summed E-state index contributed by atoms with van der Waals surface area (Å²) >= 11 is 0. The highest BCUT2D eigenvalue weighted by Crippen LogP contribution is 2.15. The van der Waals surface area contributed by atoms with Crippen LogP contribution in [0.1, 0.15) is 27.7 Å². The highest BCUT2D eigenvalue weighted by Gasteiger charge is 2.26. The van der Waals surface area contributed by atoms with E-state index in [2.05, 4.69) is 32.6 Å². The summed E-state index contributed by atoms with van der Waals surface area (Å²) in [5, 5.41) is 0. The van der Waals surface area contributed by atoms with Crippen LogP contribution >= 0.6 is 0 Å². The van der Waals surface area contributed by atoms with Crippen LogP contribution in [0.25, 0.3) is 0 Å². The first-order valence-corrected chi connectivity index (χ1v) is 4.50. The molecule has 0 bridgehead atoms. The average molecular weight is 157 g/mol. The van der Waals surface area contributed by atoms with E-state index in [1.165, 1.54) is 0 Å². The van der Waals surface area contributed by atoms with E-state index in [0.717, 1.165) is 13.2 Å². The van der Waals surface area contributed by atoms with Crippen molar-refractivity contribution in [3.05, 3.63) is 0 Å². The standard InChI is InChI=1S/C9H19NO/c1-7(2)10-5-6-11-9(4)8(10)3/h7-9H,5-6H2,1-4H3/t8-,9+/m1/s1. The van der Waals surface area contributed by atoms with Gasteiger partial charge in [-0.3, -0.25) is 4.90 Å². The third-order valence-corrected chi connectivity index (χ3v) is 2.60. The highest BCUT2D eigenvalue weighted by atomic mass is 16.5. The summed E-state index contributed by atoms with van der Waals surface area (Å²) in [5.74, 6) is 0. The van der Waals surface area contributed by atoms with Gasteiger partial charge < -0.3 is 4.74 Å². The smallest absolute Gasteiger partial charge is 0.0700 e. The number of hydrogen-bond donors (Lipinski definition) is 0. The van der Waals surface area contributed by atoms with Crippen molar-refractivity contribution in [3.63, 3.8) is 0 Å². The molecule has 1 rings (SSSR count). The first kappa shape index (κ1) is 9.01. The largest absolute Gasteiger partial charge is 0.376 e. The van der Waals surface area contributed by atoms with Crippen LogP contribution < -0.4 is 0 Å². The van der Waals surface area contributed by atoms with Gasteiger partial charge in [-0.15, -0.1) is 0 Å². The molecule has 0 aromatic rings. The summed E-state index contributed by atoms with van der Waals surface area (Å²) < 4.78 is 5.53. The van der Waals surface area contributed by atoms with E-state index in [9.17, 15) is 0 Å². The van der Waals surface area contributed by atoms with E-state index in [0.29, 0.717) is 18.2 Å². The fourth-order valence-corrected chi connectivity index (χ4v) is 1.69. The van der Waals surface area contributed by atoms with Gasteiger partial charge >= 0.3 is 0 Å². The molecule has 0 radical (unpaired) electrons. The van der Waals surface area contributed by atoms with Gasteiger partial charge in [0.1, 0.15) is 0 Å². The summed E-state index contributed by atoms with van der Waals surface area (Å²) in [6.07, 6.45) is 0.395. The zero-order chi connectivity index (χ0) is 8.43. The SMILES string of the molecule is CC(C)N1CCO[C@@H](C)[C@H]1C. The molecule has 1 heterocycles. The van der Waals surface area contributed by atoms with Crippen molar-refractivity contribution in [2.45, 2.75) is 45.9 Å². The predicted molar refractivity (Wildman–Crippen MR) is 46.7 cm³/mol. The molecule has 0 amide bonds. The predicted octanol–water partition coefficient (Wildman–Crippen LogP) is 1.50. The quantitative estimate of drug-likeness (QED) is 0.572. The van der Waals surface area contributed by atoms with Gasteiger partial charge in [-0.2, -0.15) is 0 Å². The Bertz CT molecular complexity index is 125. The van der Waals surface area contributed by atoms with Crippen molar-refractivity contribution in [2.75, 3.05) is 13.2 Å². The molecular formula is C9H19NO. The van der Waals surface area contributed by atoms with Crippen molar-refractivity contribution in [1.29, 1.82) is 0 Å². The molecule has 1 aliphatic rings. The minimum absolute atomic E-state index is 0.395. The molecular weight excluding hydrogens is 138 g/mol. The molecule has 1 aliphatic heterocycles. The molecule has 0 saturated carbocycles. The van der Waals surface area contributed by atoms with Gasteiger partial charge in [0.15, 0.2) is 0 Å². The summed E-state index contributed by atoms with van der Waals surface area (Å²) in [6.45, 7) is 10.9. The third kappa shape index (κ3) is 1.94. The van der Waals surface area contributed by atoms with Crippen LogP contribution in [0.5, 0.6) is 0 Å². The van der Waals surface area contributed by atoms with Crippen LogP contribution in [0.15, 0.2) is 0 Å². The van der Waals surface area contributed by atoms with E-state index in [-0.39, 0.29) is 0 Å². The van der Waals surface area contributed by atoms with Crippen LogP contribution in [0.3, 0.4) is 0 Å². The Balaban J connectivity index is 2.51. The lowest BCUT2D eigenvalue weighted by Crippen LogP contribution is -2.51. The molecule has 2 nitrogen and oxygen atoms in total. The lowest BCUT2D eigenvalue weighted by Gasteiger charge is -2.40. The third-order valence-electron chi connectivity index (χ3n) is 2.60. The lowest BCUT2D eigenvalue weighted by atomic mass is 10.1. The second kappa shape index (κ2) is 3.55. The molecule has 11 heavy (non-hydrogen) atoms. The topological polar surface area (TPSA) is 12.5 Å². The van der Waals surface area contributed by atoms with Gasteiger partial charge in [-0.1, -0.05) is 0 Å². The van der Waals surface area contributed by atoms with Crippen molar-refractivity contribution in [3.8, 4) is 0 Å². The fourth-order valence-electron chi connectivity index (χ4n) is 1.69. The molecule has 0 aliphatic carbocycles. The van der Waals surface area contributed by atoms with Crippen LogP contribution in [0.4, 0.5) is 0 Å². The van der Waals surface area contributed by atoms with Gasteiger partial charge in [0.25, 0.3) is 0 Å². The number of rotatable bonds is 1. The summed E-state index contributed by atoms with van der Waals surface area (Å²) in [7, 11) is 0. The summed E-state index contributed by atoms with van der Waals surface area (Å²) in [6, 6.07) is 1.22. The minimum atomic E-state index is 0.395. The monoisotopic (exact) mass is 157 g/mol. The van der Waals surface area contributed by atoms with Gasteiger partial charge in [0, 0.05) is 18.6 Å². The highest BCUT2D eigenvalue weighted by molar-refractivity contribution is 4.79. The molecule has 0 spiro atoms. The Hall–Kier alpha value is -0.0800. The molecule has 2 atom stereocenters. The Kier molecular flexibility index (Phi) is 2.90. The van der Waals surface area contributed by atoms with Crippen LogP contribution in [0.2, 0.25) is 0 Å². The molecule has 1 saturated heterocycles. The number of hydrogen-bond acceptors (Lipinski definition) is 2. The van der Waals surface area contributed by atoms with Gasteiger partial charge in [-0.05, 0) is 27.7 Å². The van der Waals surface area contributed by atoms with E-state index in [1.807, 2.05) is 0 Å². The minimum Gasteiger partial charge on any atom is -0.376 e. The fraction of sp³-hybridized carbons (Fsp3) is 1.00. The van der Waals surface area contributed by atoms with E-state index >= 15 is 0 Å². The van der Waals surface area contributed by atoms with E-state index < -0.39 is 0 Å². The van der Waals surface area contributed by atoms with Crippen molar-refractivity contribution >= 4 is 0 Å². The molecule has 0 aromatic carbocycles. The Morgan fingerprint density at radius 2 is 2.00 bits per heavy atom. The Labute approximate surface area is 69.5 Å². The van der Waals surface area contributed by atoms with Crippen molar-refractivity contribution < 1.29 is 4.74 Å². The summed E-state index contributed by atoms with van der Waals surface area (Å²) in [4.78, 5) is 2.49. The molecule has 66 valence electrons. The van der Waals surface area contributed by atoms with E-state index in [4.69, 9.17) is 4.74 Å². The normalized spacial score (nSPS) is 34.6. The molecule has 0 unspecified atom stereocenters. The first-order valence-electron chi connectivity index (χ1n) is 4.50. The molecule has 0 N–H and O–H groups in total. The molecule has 2 heteroatoms. The van der Waals surface area contributed by atoms with Gasteiger partial charge in [0.05, 0.1) is 12.7 Å². The molecule has 0 aromatic heterocycles. The maximum atomic E-state index is 5.53. The van der Waals surface area contributed by atoms with Crippen LogP contribution in [-0.4, -0.2) is 36.2 Å². The zero-order valence-electron chi connectivity index (χ0n) is 8.00. The maximum absolute atomic E-state index is 5.53. The van der Waals surface area contributed by atoms with Crippen LogP contribution in [0, 0.1) is 0 Å². The molecule has 1 fully saturated rings. The second-order valence-corrected chi connectivity index (χ2v) is 3.65. The lowest BCUT2D eigenvalue weighted by molar-refractivity contribution is -0.0663. The van der Waals surface area contributed by atoms with Crippen molar-refractivity contribution in [1.82, 2.24) is 4.90 Å². The van der Waals surface area contributed by atoms with Crippen molar-refractivity contribution in [2.24, 2.45) is 0 Å². The first-order chi connectivity index (χ1) is 5.13.